The van der Waals surface area contributed by atoms with E-state index in [1.807, 2.05) is 38.2 Å². The van der Waals surface area contributed by atoms with E-state index in [1.54, 1.807) is 0 Å². The summed E-state index contributed by atoms with van der Waals surface area (Å²) in [6.07, 6.45) is 2.79. The molecule has 0 heterocycles. The zero-order chi connectivity index (χ0) is 14.3. The summed E-state index contributed by atoms with van der Waals surface area (Å²) in [6.45, 7) is 4.10. The molecular formula is C15H25NO2S. The summed E-state index contributed by atoms with van der Waals surface area (Å²) in [5.74, 6) is 0.475. The third-order valence-corrected chi connectivity index (χ3v) is 5.14. The molecule has 0 fully saturated rings. The zero-order valence-electron chi connectivity index (χ0n) is 12.1. The molecule has 0 aliphatic rings. The summed E-state index contributed by atoms with van der Waals surface area (Å²) in [6, 6.07) is 7.83. The van der Waals surface area contributed by atoms with Gasteiger partial charge in [-0.1, -0.05) is 44.0 Å². The Hall–Kier alpha value is -0.870. The van der Waals surface area contributed by atoms with Crippen LogP contribution in [-0.4, -0.2) is 27.0 Å². The molecule has 19 heavy (non-hydrogen) atoms. The Bertz CT molecular complexity index is 483. The van der Waals surface area contributed by atoms with Gasteiger partial charge in [0.1, 0.15) is 0 Å². The highest BCUT2D eigenvalue weighted by molar-refractivity contribution is 7.91. The highest BCUT2D eigenvalue weighted by atomic mass is 32.2. The normalized spacial score (nSPS) is 13.4. The molecule has 0 aliphatic carbocycles. The number of nitrogens with one attached hydrogen (secondary N) is 1. The van der Waals surface area contributed by atoms with Crippen molar-refractivity contribution in [1.82, 2.24) is 5.32 Å². The van der Waals surface area contributed by atoms with Crippen LogP contribution in [0.15, 0.2) is 24.3 Å². The summed E-state index contributed by atoms with van der Waals surface area (Å²) in [5.41, 5.74) is 2.20. The first-order valence-electron chi connectivity index (χ1n) is 6.93. The lowest BCUT2D eigenvalue weighted by atomic mass is 10.0. The van der Waals surface area contributed by atoms with E-state index in [2.05, 4.69) is 12.2 Å². The molecule has 108 valence electrons. The summed E-state index contributed by atoms with van der Waals surface area (Å²) in [7, 11) is -1.17. The summed E-state index contributed by atoms with van der Waals surface area (Å²) in [5, 5.41) is 3.13. The van der Waals surface area contributed by atoms with Crippen LogP contribution in [0.25, 0.3) is 0 Å². The van der Waals surface area contributed by atoms with Crippen LogP contribution in [0.4, 0.5) is 0 Å². The number of unbranched alkanes of at least 4 members (excludes halogenated alkanes) is 2. The molecule has 1 atom stereocenters. The monoisotopic (exact) mass is 283 g/mol. The van der Waals surface area contributed by atoms with E-state index in [4.69, 9.17) is 0 Å². The molecule has 0 saturated carbocycles. The molecule has 0 spiro atoms. The fourth-order valence-corrected chi connectivity index (χ4v) is 3.88. The lowest BCUT2D eigenvalue weighted by molar-refractivity contribution is 0.569. The maximum absolute atomic E-state index is 12.1. The topological polar surface area (TPSA) is 46.2 Å². The maximum atomic E-state index is 12.1. The fraction of sp³-hybridized carbons (Fsp3) is 0.600. The molecule has 4 heteroatoms. The second kappa shape index (κ2) is 7.65. The molecule has 1 N–H and O–H groups in total. The SMILES string of the molecule is CCCCCS(=O)(=O)CC(NC)c1ccccc1C. The van der Waals surface area contributed by atoms with Crippen molar-refractivity contribution in [1.29, 1.82) is 0 Å². The standard InChI is InChI=1S/C15H25NO2S/c1-4-5-8-11-19(17,18)12-15(16-3)14-10-7-6-9-13(14)2/h6-7,9-10,15-16H,4-5,8,11-12H2,1-3H3. The molecule has 0 radical (unpaired) electrons. The first-order valence-corrected chi connectivity index (χ1v) is 8.75. The molecule has 1 rings (SSSR count). The van der Waals surface area contributed by atoms with E-state index in [-0.39, 0.29) is 11.8 Å². The average molecular weight is 283 g/mol. The number of hydrogen-bond acceptors (Lipinski definition) is 3. The molecule has 1 aromatic rings. The van der Waals surface area contributed by atoms with Crippen LogP contribution in [-0.2, 0) is 9.84 Å². The van der Waals surface area contributed by atoms with Gasteiger partial charge in [-0.2, -0.15) is 0 Å². The van der Waals surface area contributed by atoms with Crippen LogP contribution in [0.3, 0.4) is 0 Å². The Kier molecular flexibility index (Phi) is 6.52. The summed E-state index contributed by atoms with van der Waals surface area (Å²) < 4.78 is 24.2. The number of aryl methyl sites for hydroxylation is 1. The molecule has 0 aromatic heterocycles. The minimum Gasteiger partial charge on any atom is -0.312 e. The number of sulfone groups is 1. The zero-order valence-corrected chi connectivity index (χ0v) is 13.0. The van der Waals surface area contributed by atoms with Gasteiger partial charge in [0.05, 0.1) is 11.5 Å². The van der Waals surface area contributed by atoms with E-state index in [0.717, 1.165) is 30.4 Å². The third kappa shape index (κ3) is 5.33. The van der Waals surface area contributed by atoms with Gasteiger partial charge < -0.3 is 5.32 Å². The van der Waals surface area contributed by atoms with Gasteiger partial charge in [-0.05, 0) is 31.5 Å². The van der Waals surface area contributed by atoms with Crippen LogP contribution < -0.4 is 5.32 Å². The van der Waals surface area contributed by atoms with E-state index >= 15 is 0 Å². The summed E-state index contributed by atoms with van der Waals surface area (Å²) >= 11 is 0. The van der Waals surface area contributed by atoms with Gasteiger partial charge in [0, 0.05) is 6.04 Å². The second-order valence-electron chi connectivity index (χ2n) is 5.02. The third-order valence-electron chi connectivity index (χ3n) is 3.39. The first kappa shape index (κ1) is 16.2. The molecule has 0 amide bonds. The van der Waals surface area contributed by atoms with Crippen molar-refractivity contribution < 1.29 is 8.42 Å². The largest absolute Gasteiger partial charge is 0.312 e. The van der Waals surface area contributed by atoms with Crippen molar-refractivity contribution in [2.45, 2.75) is 39.2 Å². The van der Waals surface area contributed by atoms with Crippen LogP contribution >= 0.6 is 0 Å². The van der Waals surface area contributed by atoms with Gasteiger partial charge in [-0.3, -0.25) is 0 Å². The van der Waals surface area contributed by atoms with Gasteiger partial charge in [-0.25, -0.2) is 8.42 Å². The Labute approximate surface area is 117 Å². The Morgan fingerprint density at radius 3 is 2.47 bits per heavy atom. The van der Waals surface area contributed by atoms with Crippen molar-refractivity contribution in [2.75, 3.05) is 18.6 Å². The Morgan fingerprint density at radius 1 is 1.21 bits per heavy atom. The Balaban J connectivity index is 2.74. The fourth-order valence-electron chi connectivity index (χ4n) is 2.22. The van der Waals surface area contributed by atoms with Crippen molar-refractivity contribution in [2.24, 2.45) is 0 Å². The first-order chi connectivity index (χ1) is 9.00. The van der Waals surface area contributed by atoms with Crippen LogP contribution in [0.1, 0.15) is 43.4 Å². The van der Waals surface area contributed by atoms with Crippen LogP contribution in [0.5, 0.6) is 0 Å². The molecular weight excluding hydrogens is 258 g/mol. The highest BCUT2D eigenvalue weighted by Gasteiger charge is 2.20. The van der Waals surface area contributed by atoms with Gasteiger partial charge in [0.25, 0.3) is 0 Å². The number of rotatable bonds is 8. The molecule has 0 bridgehead atoms. The molecule has 3 nitrogen and oxygen atoms in total. The Morgan fingerprint density at radius 2 is 1.89 bits per heavy atom. The van der Waals surface area contributed by atoms with E-state index in [0.29, 0.717) is 5.75 Å². The summed E-state index contributed by atoms with van der Waals surface area (Å²) in [4.78, 5) is 0. The minimum atomic E-state index is -2.99. The predicted molar refractivity (Wildman–Crippen MR) is 81.2 cm³/mol. The van der Waals surface area contributed by atoms with Gasteiger partial charge in [0.15, 0.2) is 9.84 Å². The molecule has 0 saturated heterocycles. The maximum Gasteiger partial charge on any atom is 0.152 e. The van der Waals surface area contributed by atoms with E-state index in [9.17, 15) is 8.42 Å². The highest BCUT2D eigenvalue weighted by Crippen LogP contribution is 2.19. The van der Waals surface area contributed by atoms with Crippen molar-refractivity contribution in [3.63, 3.8) is 0 Å². The molecule has 1 aromatic carbocycles. The van der Waals surface area contributed by atoms with Crippen molar-refractivity contribution >= 4 is 9.84 Å². The van der Waals surface area contributed by atoms with Gasteiger partial charge >= 0.3 is 0 Å². The number of hydrogen-bond donors (Lipinski definition) is 1. The lowest BCUT2D eigenvalue weighted by Crippen LogP contribution is -2.27. The van der Waals surface area contributed by atoms with Crippen LogP contribution in [0.2, 0.25) is 0 Å². The quantitative estimate of drug-likeness (QED) is 0.746. The minimum absolute atomic E-state index is 0.118. The van der Waals surface area contributed by atoms with Gasteiger partial charge in [-0.15, -0.1) is 0 Å². The predicted octanol–water partition coefficient (Wildman–Crippen LogP) is 2.86. The van der Waals surface area contributed by atoms with Crippen molar-refractivity contribution in [3.8, 4) is 0 Å². The smallest absolute Gasteiger partial charge is 0.152 e. The van der Waals surface area contributed by atoms with Crippen LogP contribution in [0, 0.1) is 6.92 Å². The number of benzene rings is 1. The lowest BCUT2D eigenvalue weighted by Gasteiger charge is -2.18. The molecule has 0 aliphatic heterocycles. The van der Waals surface area contributed by atoms with E-state index in [1.165, 1.54) is 0 Å². The van der Waals surface area contributed by atoms with Gasteiger partial charge in [0.2, 0.25) is 0 Å². The molecule has 1 unspecified atom stereocenters. The average Bonchev–Trinajstić information content (AvgIpc) is 2.37. The second-order valence-corrected chi connectivity index (χ2v) is 7.25. The van der Waals surface area contributed by atoms with Crippen molar-refractivity contribution in [3.05, 3.63) is 35.4 Å². The van der Waals surface area contributed by atoms with E-state index < -0.39 is 9.84 Å².